The predicted octanol–water partition coefficient (Wildman–Crippen LogP) is 5.93. The van der Waals surface area contributed by atoms with Gasteiger partial charge >= 0.3 is 0 Å². The van der Waals surface area contributed by atoms with Crippen LogP contribution < -0.4 is 21.3 Å². The molecular formula is C43H52N8O3. The molecule has 0 saturated carbocycles. The fourth-order valence-electron chi connectivity index (χ4n) is 7.58. The number of nitrogens with zero attached hydrogens (tertiary/aromatic N) is 4. The number of rotatable bonds is 13. The van der Waals surface area contributed by atoms with E-state index in [1.807, 2.05) is 23.0 Å². The van der Waals surface area contributed by atoms with Gasteiger partial charge in [0.2, 0.25) is 0 Å². The Balaban J connectivity index is 1.00. The van der Waals surface area contributed by atoms with Crippen LogP contribution in [0.15, 0.2) is 79.0 Å². The van der Waals surface area contributed by atoms with E-state index >= 15 is 0 Å². The van der Waals surface area contributed by atoms with E-state index < -0.39 is 0 Å². The number of benzene rings is 3. The maximum Gasteiger partial charge on any atom is 0.251 e. The van der Waals surface area contributed by atoms with E-state index in [1.54, 1.807) is 24.3 Å². The lowest BCUT2D eigenvalue weighted by Crippen LogP contribution is -2.48. The zero-order valence-electron chi connectivity index (χ0n) is 31.7. The molecule has 4 N–H and O–H groups in total. The summed E-state index contributed by atoms with van der Waals surface area (Å²) in [6.07, 6.45) is 4.39. The maximum absolute atomic E-state index is 13.6. The second-order valence-corrected chi connectivity index (χ2v) is 14.4. The number of piperazine rings is 1. The number of carbonyl (C=O) groups excluding carboxylic acids is 2. The number of anilines is 1. The van der Waals surface area contributed by atoms with Crippen LogP contribution in [-0.2, 0) is 37.3 Å². The van der Waals surface area contributed by atoms with Crippen molar-refractivity contribution in [2.24, 2.45) is 0 Å². The van der Waals surface area contributed by atoms with Gasteiger partial charge in [0.05, 0.1) is 17.3 Å². The molecule has 2 aliphatic rings. The Hall–Kier alpha value is -5.10. The number of pyridine rings is 1. The number of amides is 2. The van der Waals surface area contributed by atoms with Gasteiger partial charge in [-0.3, -0.25) is 14.5 Å². The third kappa shape index (κ3) is 8.81. The Morgan fingerprint density at radius 2 is 1.57 bits per heavy atom. The van der Waals surface area contributed by atoms with Crippen LogP contribution in [0.1, 0.15) is 76.7 Å². The molecule has 2 saturated heterocycles. The first kappa shape index (κ1) is 37.2. The molecule has 0 radical (unpaired) electrons. The number of hydrogen-bond acceptors (Lipinski definition) is 8. The van der Waals surface area contributed by atoms with Crippen LogP contribution in [0, 0.1) is 0 Å². The Bertz CT molecular complexity index is 2090. The third-order valence-corrected chi connectivity index (χ3v) is 10.5. The van der Waals surface area contributed by atoms with Crippen molar-refractivity contribution in [1.29, 1.82) is 0 Å². The lowest BCUT2D eigenvalue weighted by Gasteiger charge is -2.31. The molecule has 0 aliphatic carbocycles. The molecule has 0 unspecified atom stereocenters. The normalized spacial score (nSPS) is 16.7. The van der Waals surface area contributed by atoms with E-state index in [0.717, 1.165) is 83.7 Å². The molecule has 282 valence electrons. The fourth-order valence-corrected chi connectivity index (χ4v) is 7.58. The number of hydrogen-bond donors (Lipinski definition) is 4. The largest absolute Gasteiger partial charge is 0.381 e. The minimum Gasteiger partial charge on any atom is -0.381 e. The second kappa shape index (κ2) is 17.4. The minimum absolute atomic E-state index is 0.235. The van der Waals surface area contributed by atoms with Crippen molar-refractivity contribution in [2.45, 2.75) is 78.3 Å². The van der Waals surface area contributed by atoms with Gasteiger partial charge in [-0.25, -0.2) is 9.67 Å². The van der Waals surface area contributed by atoms with Crippen LogP contribution in [0.2, 0.25) is 0 Å². The fraction of sp³-hybridized carbons (Fsp3) is 0.395. The molecule has 1 atom stereocenters. The Morgan fingerprint density at radius 3 is 2.28 bits per heavy atom. The maximum atomic E-state index is 13.6. The molecule has 2 aromatic heterocycles. The number of nitrogens with one attached hydrogen (secondary N) is 4. The molecular weight excluding hydrogens is 677 g/mol. The van der Waals surface area contributed by atoms with Gasteiger partial charge in [0.15, 0.2) is 5.65 Å². The summed E-state index contributed by atoms with van der Waals surface area (Å²) < 4.78 is 7.51. The van der Waals surface area contributed by atoms with Crippen LogP contribution in [0.3, 0.4) is 0 Å². The van der Waals surface area contributed by atoms with Crippen LogP contribution in [0.25, 0.3) is 22.2 Å². The second-order valence-electron chi connectivity index (χ2n) is 14.4. The summed E-state index contributed by atoms with van der Waals surface area (Å²) in [6.45, 7) is 13.2. The van der Waals surface area contributed by atoms with Gasteiger partial charge < -0.3 is 26.0 Å². The van der Waals surface area contributed by atoms with Crippen LogP contribution in [0.5, 0.6) is 0 Å². The number of aryl methyl sites for hydroxylation is 2. The molecule has 5 aromatic rings. The van der Waals surface area contributed by atoms with Crippen molar-refractivity contribution in [3.8, 4) is 11.1 Å². The van der Waals surface area contributed by atoms with Crippen molar-refractivity contribution in [3.63, 3.8) is 0 Å². The molecule has 7 rings (SSSR count). The summed E-state index contributed by atoms with van der Waals surface area (Å²) in [6, 6.07) is 24.7. The summed E-state index contributed by atoms with van der Waals surface area (Å²) in [5.74, 6) is -0.490. The Kier molecular flexibility index (Phi) is 12.0. The number of carbonyl (C=O) groups is 2. The summed E-state index contributed by atoms with van der Waals surface area (Å²) >= 11 is 0. The van der Waals surface area contributed by atoms with Crippen LogP contribution in [-0.4, -0.2) is 76.4 Å². The molecule has 2 aliphatic heterocycles. The standard InChI is InChI=1S/C43H52N8O3/c1-4-39-37(40(48-36-15-19-54-20-16-36)38-26-47-51(5-2)41(38)49-39)25-46-43(53)35-14-8-13-34(23-35)42(52)45-24-30-9-6-11-32(21-30)33-12-7-10-31(22-33)28-50-18-17-44-29(3)27-50/h6-14,21-23,26,29,36,44H,4-5,15-20,24-25,27-28H2,1-3H3,(H,45,52)(H,46,53)(H,48,49)/t29-/m0/s1. The molecule has 4 heterocycles. The highest BCUT2D eigenvalue weighted by Gasteiger charge is 2.23. The van der Waals surface area contributed by atoms with E-state index in [-0.39, 0.29) is 17.9 Å². The Labute approximate surface area is 317 Å². The smallest absolute Gasteiger partial charge is 0.251 e. The van der Waals surface area contributed by atoms with Crippen molar-refractivity contribution >= 4 is 28.5 Å². The van der Waals surface area contributed by atoms with Gasteiger partial charge in [-0.1, -0.05) is 49.4 Å². The highest BCUT2D eigenvalue weighted by atomic mass is 16.5. The zero-order chi connectivity index (χ0) is 37.4. The van der Waals surface area contributed by atoms with Crippen molar-refractivity contribution < 1.29 is 14.3 Å². The molecule has 3 aromatic carbocycles. The van der Waals surface area contributed by atoms with E-state index in [0.29, 0.717) is 56.4 Å². The zero-order valence-corrected chi connectivity index (χ0v) is 31.7. The molecule has 0 bridgehead atoms. The quantitative estimate of drug-likeness (QED) is 0.118. The first-order chi connectivity index (χ1) is 26.4. The molecule has 0 spiro atoms. The predicted molar refractivity (Wildman–Crippen MR) is 213 cm³/mol. The monoisotopic (exact) mass is 728 g/mol. The lowest BCUT2D eigenvalue weighted by molar-refractivity contribution is 0.0904. The lowest BCUT2D eigenvalue weighted by atomic mass is 10.0. The van der Waals surface area contributed by atoms with Crippen LogP contribution >= 0.6 is 0 Å². The van der Waals surface area contributed by atoms with Gasteiger partial charge in [-0.05, 0) is 85.7 Å². The van der Waals surface area contributed by atoms with Crippen molar-refractivity contribution in [2.75, 3.05) is 38.2 Å². The first-order valence-electron chi connectivity index (χ1n) is 19.4. The highest BCUT2D eigenvalue weighted by Crippen LogP contribution is 2.31. The Morgan fingerprint density at radius 1 is 0.889 bits per heavy atom. The number of fused-ring (bicyclic) bond motifs is 1. The molecule has 11 heteroatoms. The molecule has 11 nitrogen and oxygen atoms in total. The van der Waals surface area contributed by atoms with E-state index in [1.165, 1.54) is 5.56 Å². The molecule has 54 heavy (non-hydrogen) atoms. The third-order valence-electron chi connectivity index (χ3n) is 10.5. The van der Waals surface area contributed by atoms with E-state index in [9.17, 15) is 9.59 Å². The number of aromatic nitrogens is 3. The van der Waals surface area contributed by atoms with Crippen LogP contribution in [0.4, 0.5) is 5.69 Å². The van der Waals surface area contributed by atoms with Gasteiger partial charge in [0, 0.05) is 93.5 Å². The summed E-state index contributed by atoms with van der Waals surface area (Å²) in [5, 5.41) is 19.0. The number of ether oxygens (including phenoxy) is 1. The summed E-state index contributed by atoms with van der Waals surface area (Å²) in [7, 11) is 0. The van der Waals surface area contributed by atoms with E-state index in [2.05, 4.69) is 88.4 Å². The minimum atomic E-state index is -0.255. The first-order valence-corrected chi connectivity index (χ1v) is 19.4. The van der Waals surface area contributed by atoms with Gasteiger partial charge in [0.1, 0.15) is 0 Å². The van der Waals surface area contributed by atoms with Gasteiger partial charge in [-0.2, -0.15) is 5.10 Å². The van der Waals surface area contributed by atoms with Gasteiger partial charge in [-0.15, -0.1) is 0 Å². The molecule has 2 fully saturated rings. The SMILES string of the molecule is CCc1nc2c(cnn2CC)c(NC2CCOCC2)c1CNC(=O)c1cccc(C(=O)NCc2cccc(-c3cccc(CN4CCN[C@@H](C)C4)c3)c2)c1. The highest BCUT2D eigenvalue weighted by molar-refractivity contribution is 6.00. The summed E-state index contributed by atoms with van der Waals surface area (Å²) in [5.41, 5.74) is 9.11. The topological polar surface area (TPSA) is 125 Å². The van der Waals surface area contributed by atoms with Crippen molar-refractivity contribution in [1.82, 2.24) is 35.6 Å². The van der Waals surface area contributed by atoms with Gasteiger partial charge in [0.25, 0.3) is 11.8 Å². The van der Waals surface area contributed by atoms with Crippen molar-refractivity contribution in [3.05, 3.63) is 113 Å². The summed E-state index contributed by atoms with van der Waals surface area (Å²) in [4.78, 5) is 34.4. The van der Waals surface area contributed by atoms with E-state index in [4.69, 9.17) is 9.72 Å². The average molecular weight is 729 g/mol. The molecule has 2 amide bonds. The average Bonchev–Trinajstić information content (AvgIpc) is 3.63.